The van der Waals surface area contributed by atoms with Gasteiger partial charge in [0.1, 0.15) is 11.9 Å². The molecule has 1 aliphatic rings. The van der Waals surface area contributed by atoms with Crippen molar-refractivity contribution in [2.75, 3.05) is 15.9 Å². The van der Waals surface area contributed by atoms with Gasteiger partial charge in [0, 0.05) is 35.7 Å². The zero-order valence-corrected chi connectivity index (χ0v) is 19.9. The lowest BCUT2D eigenvalue weighted by Crippen LogP contribution is -2.30. The van der Waals surface area contributed by atoms with Crippen molar-refractivity contribution in [3.63, 3.8) is 0 Å². The van der Waals surface area contributed by atoms with Crippen LogP contribution in [0.2, 0.25) is 0 Å². The van der Waals surface area contributed by atoms with Crippen LogP contribution in [0.15, 0.2) is 91.4 Å². The predicted molar refractivity (Wildman–Crippen MR) is 136 cm³/mol. The Balaban J connectivity index is 1.60. The Morgan fingerprint density at radius 1 is 0.941 bits per heavy atom. The molecular formula is C24H22N6O2S2. The third-order valence-corrected chi connectivity index (χ3v) is 6.45. The van der Waals surface area contributed by atoms with Gasteiger partial charge in [-0.1, -0.05) is 12.1 Å². The molecule has 2 atom stereocenters. The lowest BCUT2D eigenvalue weighted by atomic mass is 10.0. The normalized spacial score (nSPS) is 18.0. The first-order valence-electron chi connectivity index (χ1n) is 10.6. The lowest BCUT2D eigenvalue weighted by molar-refractivity contribution is 0.548. The third-order valence-electron chi connectivity index (χ3n) is 5.53. The van der Waals surface area contributed by atoms with E-state index < -0.39 is 10.0 Å². The molecule has 1 fully saturated rings. The second kappa shape index (κ2) is 8.88. The van der Waals surface area contributed by atoms with Gasteiger partial charge in [-0.15, -0.1) is 0 Å². The Bertz CT molecular complexity index is 1410. The van der Waals surface area contributed by atoms with E-state index in [2.05, 4.69) is 26.1 Å². The van der Waals surface area contributed by atoms with Crippen molar-refractivity contribution < 1.29 is 8.42 Å². The number of hydrogen-bond donors (Lipinski definition) is 2. The number of pyridine rings is 2. The van der Waals surface area contributed by atoms with E-state index >= 15 is 0 Å². The van der Waals surface area contributed by atoms with Crippen LogP contribution in [0, 0.1) is 0 Å². The molecule has 1 aromatic carbocycles. The van der Waals surface area contributed by atoms with Gasteiger partial charge in [-0.2, -0.15) is 0 Å². The number of hydrogen-bond acceptors (Lipinski definition) is 5. The quantitative estimate of drug-likeness (QED) is 0.397. The molecule has 10 heteroatoms. The second-order valence-corrected chi connectivity index (χ2v) is 10.0. The summed E-state index contributed by atoms with van der Waals surface area (Å²) in [6, 6.07) is 22.3. The summed E-state index contributed by atoms with van der Waals surface area (Å²) in [6.45, 7) is 0. The molecule has 4 heterocycles. The molecule has 0 radical (unpaired) electrons. The molecule has 1 saturated heterocycles. The molecule has 0 bridgehead atoms. The van der Waals surface area contributed by atoms with Crippen LogP contribution in [0.25, 0.3) is 5.82 Å². The van der Waals surface area contributed by atoms with E-state index in [9.17, 15) is 8.42 Å². The Hall–Kier alpha value is -3.76. The fourth-order valence-electron chi connectivity index (χ4n) is 4.18. The van der Waals surface area contributed by atoms with Gasteiger partial charge in [-0.05, 0) is 72.9 Å². The maximum Gasteiger partial charge on any atom is 0.229 e. The maximum atomic E-state index is 11.6. The van der Waals surface area contributed by atoms with Crippen LogP contribution in [0.1, 0.15) is 23.5 Å². The van der Waals surface area contributed by atoms with Crippen LogP contribution in [0.5, 0.6) is 0 Å². The van der Waals surface area contributed by atoms with E-state index in [1.807, 2.05) is 70.3 Å². The number of thiocarbonyl (C=S) groups is 1. The summed E-state index contributed by atoms with van der Waals surface area (Å²) in [5.41, 5.74) is 3.16. The molecule has 5 rings (SSSR count). The molecular weight excluding hydrogens is 468 g/mol. The first-order valence-corrected chi connectivity index (χ1v) is 12.9. The van der Waals surface area contributed by atoms with Gasteiger partial charge in [-0.3, -0.25) is 9.71 Å². The highest BCUT2D eigenvalue weighted by Gasteiger charge is 2.42. The number of nitrogens with zero attached hydrogens (tertiary/aromatic N) is 4. The summed E-state index contributed by atoms with van der Waals surface area (Å²) in [5.74, 6) is 0.799. The standard InChI is InChI=1S/C24H22N6O2S2/c1-34(31,32)28-17-10-12-18(13-11-17)30-23(22(27-24(30)33)19-7-2-4-14-25-19)20-8-6-16-29(20)21-9-3-5-15-26-21/h2-16,22-23,28H,1H3,(H,27,33)/t22-,23-/m0/s1. The van der Waals surface area contributed by atoms with E-state index in [0.29, 0.717) is 10.8 Å². The average Bonchev–Trinajstić information content (AvgIpc) is 3.44. The molecule has 1 aliphatic heterocycles. The Labute approximate surface area is 203 Å². The van der Waals surface area contributed by atoms with Crippen molar-refractivity contribution in [2.45, 2.75) is 12.1 Å². The Morgan fingerprint density at radius 3 is 2.32 bits per heavy atom. The van der Waals surface area contributed by atoms with Gasteiger partial charge >= 0.3 is 0 Å². The molecule has 0 aliphatic carbocycles. The lowest BCUT2D eigenvalue weighted by Gasteiger charge is -2.29. The number of benzene rings is 1. The summed E-state index contributed by atoms with van der Waals surface area (Å²) in [7, 11) is -3.37. The highest BCUT2D eigenvalue weighted by atomic mass is 32.2. The summed E-state index contributed by atoms with van der Waals surface area (Å²) in [4.78, 5) is 11.1. The number of nitrogens with one attached hydrogen (secondary N) is 2. The minimum absolute atomic E-state index is 0.208. The number of sulfonamides is 1. The van der Waals surface area contributed by atoms with Crippen molar-refractivity contribution in [1.82, 2.24) is 19.9 Å². The highest BCUT2D eigenvalue weighted by molar-refractivity contribution is 7.92. The van der Waals surface area contributed by atoms with E-state index in [1.54, 1.807) is 24.5 Å². The molecule has 0 saturated carbocycles. The van der Waals surface area contributed by atoms with E-state index in [1.165, 1.54) is 0 Å². The molecule has 172 valence electrons. The minimum atomic E-state index is -3.37. The molecule has 0 amide bonds. The zero-order valence-electron chi connectivity index (χ0n) is 18.2. The first kappa shape index (κ1) is 22.1. The zero-order chi connectivity index (χ0) is 23.7. The number of anilines is 2. The third kappa shape index (κ3) is 4.37. The van der Waals surface area contributed by atoms with Crippen molar-refractivity contribution in [2.24, 2.45) is 0 Å². The van der Waals surface area contributed by atoms with E-state index in [0.717, 1.165) is 29.1 Å². The summed E-state index contributed by atoms with van der Waals surface area (Å²) < 4.78 is 27.8. The van der Waals surface area contributed by atoms with Crippen LogP contribution < -0.4 is 14.9 Å². The summed E-state index contributed by atoms with van der Waals surface area (Å²) in [5, 5.41) is 3.99. The number of aromatic nitrogens is 3. The van der Waals surface area contributed by atoms with Crippen LogP contribution in [0.3, 0.4) is 0 Å². The monoisotopic (exact) mass is 490 g/mol. The van der Waals surface area contributed by atoms with Crippen LogP contribution in [-0.2, 0) is 10.0 Å². The molecule has 3 aromatic heterocycles. The average molecular weight is 491 g/mol. The van der Waals surface area contributed by atoms with Gasteiger partial charge in [0.2, 0.25) is 10.0 Å². The van der Waals surface area contributed by atoms with Gasteiger partial charge < -0.3 is 14.8 Å². The first-order chi connectivity index (χ1) is 16.4. The summed E-state index contributed by atoms with van der Waals surface area (Å²) in [6.07, 6.45) is 6.63. The number of rotatable bonds is 6. The van der Waals surface area contributed by atoms with Crippen molar-refractivity contribution >= 4 is 38.7 Å². The van der Waals surface area contributed by atoms with Crippen molar-refractivity contribution in [1.29, 1.82) is 0 Å². The van der Waals surface area contributed by atoms with Gasteiger partial charge in [0.15, 0.2) is 5.11 Å². The molecule has 2 N–H and O–H groups in total. The fourth-order valence-corrected chi connectivity index (χ4v) is 5.09. The SMILES string of the molecule is CS(=O)(=O)Nc1ccc(N2C(=S)N[C@@H](c3ccccn3)[C@@H]2c2cccn2-c2ccccn2)cc1. The maximum absolute atomic E-state index is 11.6. The van der Waals surface area contributed by atoms with Crippen LogP contribution in [-0.4, -0.2) is 34.3 Å². The second-order valence-electron chi connectivity index (χ2n) is 7.91. The van der Waals surface area contributed by atoms with Gasteiger partial charge in [0.25, 0.3) is 0 Å². The highest BCUT2D eigenvalue weighted by Crippen LogP contribution is 2.42. The predicted octanol–water partition coefficient (Wildman–Crippen LogP) is 3.82. The Morgan fingerprint density at radius 2 is 1.68 bits per heavy atom. The topological polar surface area (TPSA) is 92.2 Å². The fraction of sp³-hybridized carbons (Fsp3) is 0.125. The smallest absolute Gasteiger partial charge is 0.229 e. The molecule has 34 heavy (non-hydrogen) atoms. The van der Waals surface area contributed by atoms with Crippen molar-refractivity contribution in [3.05, 3.63) is 103 Å². The van der Waals surface area contributed by atoms with Gasteiger partial charge in [-0.25, -0.2) is 13.4 Å². The molecule has 4 aromatic rings. The van der Waals surface area contributed by atoms with E-state index in [4.69, 9.17) is 12.2 Å². The van der Waals surface area contributed by atoms with Gasteiger partial charge in [0.05, 0.1) is 18.0 Å². The largest absolute Gasteiger partial charge is 0.351 e. The minimum Gasteiger partial charge on any atom is -0.351 e. The molecule has 0 spiro atoms. The van der Waals surface area contributed by atoms with E-state index in [-0.39, 0.29) is 12.1 Å². The van der Waals surface area contributed by atoms with Crippen LogP contribution >= 0.6 is 12.2 Å². The summed E-state index contributed by atoms with van der Waals surface area (Å²) >= 11 is 5.78. The molecule has 0 unspecified atom stereocenters. The molecule has 8 nitrogen and oxygen atoms in total. The van der Waals surface area contributed by atoms with Crippen LogP contribution in [0.4, 0.5) is 11.4 Å². The van der Waals surface area contributed by atoms with Crippen molar-refractivity contribution in [3.8, 4) is 5.82 Å². The Kier molecular flexibility index (Phi) is 5.76.